The van der Waals surface area contributed by atoms with Gasteiger partial charge in [0.1, 0.15) is 0 Å². The van der Waals surface area contributed by atoms with Gasteiger partial charge >= 0.3 is 0 Å². The summed E-state index contributed by atoms with van der Waals surface area (Å²) in [5.41, 5.74) is 14.1. The largest absolute Gasteiger partial charge is 0.310 e. The van der Waals surface area contributed by atoms with Crippen molar-refractivity contribution in [1.82, 2.24) is 4.57 Å². The van der Waals surface area contributed by atoms with E-state index in [9.17, 15) is 0 Å². The van der Waals surface area contributed by atoms with E-state index in [4.69, 9.17) is 0 Å². The maximum absolute atomic E-state index is 2.43. The molecule has 3 heteroatoms. The highest BCUT2D eigenvalue weighted by atomic mass is 32.1. The third-order valence-corrected chi connectivity index (χ3v) is 13.4. The molecule has 10 aromatic carbocycles. The monoisotopic (exact) mass is 794 g/mol. The van der Waals surface area contributed by atoms with E-state index in [-0.39, 0.29) is 0 Å². The molecule has 2 aromatic heterocycles. The zero-order chi connectivity index (χ0) is 40.3. The van der Waals surface area contributed by atoms with Crippen LogP contribution in [0.4, 0.5) is 17.1 Å². The van der Waals surface area contributed by atoms with Gasteiger partial charge in [-0.15, -0.1) is 11.3 Å². The lowest BCUT2D eigenvalue weighted by atomic mass is 10.0. The smallest absolute Gasteiger partial charge is 0.0619 e. The number of hydrogen-bond donors (Lipinski definition) is 0. The molecule has 2 heterocycles. The number of fused-ring (bicyclic) bond motifs is 8. The van der Waals surface area contributed by atoms with Crippen LogP contribution < -0.4 is 4.90 Å². The van der Waals surface area contributed by atoms with E-state index in [1.807, 2.05) is 11.3 Å². The van der Waals surface area contributed by atoms with Crippen LogP contribution in [0, 0.1) is 0 Å². The molecule has 0 unspecified atom stereocenters. The van der Waals surface area contributed by atoms with Crippen molar-refractivity contribution in [3.63, 3.8) is 0 Å². The van der Waals surface area contributed by atoms with Gasteiger partial charge in [-0.05, 0) is 99.4 Å². The Morgan fingerprint density at radius 2 is 0.934 bits per heavy atom. The molecule has 0 aliphatic heterocycles. The van der Waals surface area contributed by atoms with Crippen LogP contribution in [0.15, 0.2) is 231 Å². The first-order chi connectivity index (χ1) is 30.2. The van der Waals surface area contributed by atoms with E-state index in [2.05, 4.69) is 240 Å². The van der Waals surface area contributed by atoms with Crippen LogP contribution in [0.5, 0.6) is 0 Å². The number of nitrogens with zero attached hydrogens (tertiary/aromatic N) is 2. The lowest BCUT2D eigenvalue weighted by molar-refractivity contribution is 1.19. The molecular formula is C58H38N2S. The lowest BCUT2D eigenvalue weighted by Gasteiger charge is -2.26. The van der Waals surface area contributed by atoms with Crippen molar-refractivity contribution in [2.45, 2.75) is 0 Å². The summed E-state index contributed by atoms with van der Waals surface area (Å²) in [6, 6.07) is 84.0. The van der Waals surface area contributed by atoms with Crippen molar-refractivity contribution < 1.29 is 0 Å². The first-order valence-electron chi connectivity index (χ1n) is 20.8. The van der Waals surface area contributed by atoms with Crippen molar-refractivity contribution in [3.8, 4) is 39.1 Å². The van der Waals surface area contributed by atoms with Crippen molar-refractivity contribution in [2.24, 2.45) is 0 Å². The highest BCUT2D eigenvalue weighted by Crippen LogP contribution is 2.43. The molecule has 0 bridgehead atoms. The summed E-state index contributed by atoms with van der Waals surface area (Å²) in [5, 5.41) is 7.69. The van der Waals surface area contributed by atoms with E-state index < -0.39 is 0 Å². The molecule has 0 N–H and O–H groups in total. The second kappa shape index (κ2) is 14.5. The molecule has 0 saturated carbocycles. The molecule has 0 aliphatic rings. The Labute approximate surface area is 358 Å². The minimum absolute atomic E-state index is 1.10. The van der Waals surface area contributed by atoms with Gasteiger partial charge in [0.15, 0.2) is 0 Å². The Balaban J connectivity index is 0.919. The molecule has 61 heavy (non-hydrogen) atoms. The third-order valence-electron chi connectivity index (χ3n) is 12.2. The molecule has 286 valence electrons. The Kier molecular flexibility index (Phi) is 8.39. The molecule has 12 aromatic rings. The van der Waals surface area contributed by atoms with Gasteiger partial charge in [-0.2, -0.15) is 0 Å². The average Bonchev–Trinajstić information content (AvgIpc) is 3.89. The zero-order valence-corrected chi connectivity index (χ0v) is 34.1. The summed E-state index contributed by atoms with van der Waals surface area (Å²) >= 11 is 1.88. The van der Waals surface area contributed by atoms with Crippen LogP contribution in [-0.4, -0.2) is 4.57 Å². The highest BCUT2D eigenvalue weighted by Gasteiger charge is 2.17. The Morgan fingerprint density at radius 1 is 0.344 bits per heavy atom. The van der Waals surface area contributed by atoms with Gasteiger partial charge < -0.3 is 9.47 Å². The zero-order valence-electron chi connectivity index (χ0n) is 33.2. The Bertz CT molecular complexity index is 3560. The molecule has 0 spiro atoms. The molecule has 2 nitrogen and oxygen atoms in total. The topological polar surface area (TPSA) is 8.17 Å². The fourth-order valence-corrected chi connectivity index (χ4v) is 10.5. The van der Waals surface area contributed by atoms with Crippen LogP contribution in [0.1, 0.15) is 0 Å². The van der Waals surface area contributed by atoms with Gasteiger partial charge in [-0.25, -0.2) is 0 Å². The van der Waals surface area contributed by atoms with Gasteiger partial charge in [0.25, 0.3) is 0 Å². The molecule has 0 fully saturated rings. The normalized spacial score (nSPS) is 11.6. The molecular weight excluding hydrogens is 757 g/mol. The molecule has 0 amide bonds. The van der Waals surface area contributed by atoms with E-state index in [1.165, 1.54) is 86.1 Å². The first kappa shape index (κ1) is 35.2. The average molecular weight is 795 g/mol. The number of thiophene rings is 1. The van der Waals surface area contributed by atoms with Crippen molar-refractivity contribution in [3.05, 3.63) is 231 Å². The highest BCUT2D eigenvalue weighted by molar-refractivity contribution is 7.26. The molecule has 0 atom stereocenters. The van der Waals surface area contributed by atoms with Crippen LogP contribution >= 0.6 is 11.3 Å². The number of para-hydroxylation sites is 1. The van der Waals surface area contributed by atoms with Crippen LogP contribution in [0.2, 0.25) is 0 Å². The number of aromatic nitrogens is 1. The van der Waals surface area contributed by atoms with Crippen molar-refractivity contribution in [1.29, 1.82) is 0 Å². The maximum atomic E-state index is 2.43. The van der Waals surface area contributed by atoms with Gasteiger partial charge in [-0.3, -0.25) is 0 Å². The maximum Gasteiger partial charge on any atom is 0.0619 e. The number of benzene rings is 10. The second-order valence-corrected chi connectivity index (χ2v) is 16.8. The molecule has 12 rings (SSSR count). The van der Waals surface area contributed by atoms with Gasteiger partial charge in [-0.1, -0.05) is 170 Å². The SMILES string of the molecule is c1ccc(-c2cccc(N(c3ccc(-c4ccc(-n5c6ccccc6c6ccc7ccccc7c65)cc4)cc3)c3ccc(-c4cccc5c4sc4ccccc45)cc3)c2)cc1. The number of hydrogen-bond acceptors (Lipinski definition) is 2. The summed E-state index contributed by atoms with van der Waals surface area (Å²) in [6.45, 7) is 0. The van der Waals surface area contributed by atoms with E-state index >= 15 is 0 Å². The fraction of sp³-hybridized carbons (Fsp3) is 0. The molecule has 0 saturated heterocycles. The standard InChI is InChI=1S/C58H38N2S/c1-2-12-39(13-3-1)44-15-10-16-48(38-44)59(46-35-28-43(29-36-46)50-20-11-21-54-52-19-7-9-23-56(52)61-58(50)54)45-31-24-40(25-32-45)41-26-33-47(34-27-41)60-55-22-8-6-18-51(55)53-37-30-42-14-4-5-17-49(42)57(53)60/h1-38H. The van der Waals surface area contributed by atoms with Crippen molar-refractivity contribution in [2.75, 3.05) is 4.90 Å². The molecule has 0 aliphatic carbocycles. The summed E-state index contributed by atoms with van der Waals surface area (Å²) in [5.74, 6) is 0. The Morgan fingerprint density at radius 3 is 1.72 bits per heavy atom. The lowest BCUT2D eigenvalue weighted by Crippen LogP contribution is -2.10. The summed E-state index contributed by atoms with van der Waals surface area (Å²) < 4.78 is 5.08. The quantitative estimate of drug-likeness (QED) is 0.156. The Hall–Kier alpha value is -7.72. The van der Waals surface area contributed by atoms with Gasteiger partial charge in [0.05, 0.1) is 11.0 Å². The number of anilines is 3. The first-order valence-corrected chi connectivity index (χ1v) is 21.6. The van der Waals surface area contributed by atoms with Crippen molar-refractivity contribution >= 4 is 81.1 Å². The third kappa shape index (κ3) is 6.01. The van der Waals surface area contributed by atoms with E-state index in [0.717, 1.165) is 22.7 Å². The fourth-order valence-electron chi connectivity index (χ4n) is 9.27. The van der Waals surface area contributed by atoms with Crippen LogP contribution in [0.25, 0.3) is 91.8 Å². The number of rotatable bonds is 7. The molecule has 0 radical (unpaired) electrons. The minimum Gasteiger partial charge on any atom is -0.310 e. The second-order valence-electron chi connectivity index (χ2n) is 15.7. The minimum atomic E-state index is 1.10. The summed E-state index contributed by atoms with van der Waals surface area (Å²) in [7, 11) is 0. The predicted molar refractivity (Wildman–Crippen MR) is 262 cm³/mol. The summed E-state index contributed by atoms with van der Waals surface area (Å²) in [4.78, 5) is 2.37. The van der Waals surface area contributed by atoms with Crippen LogP contribution in [0.3, 0.4) is 0 Å². The predicted octanol–water partition coefficient (Wildman–Crippen LogP) is 16.8. The summed E-state index contributed by atoms with van der Waals surface area (Å²) in [6.07, 6.45) is 0. The van der Waals surface area contributed by atoms with Gasteiger partial charge in [0.2, 0.25) is 0 Å². The van der Waals surface area contributed by atoms with Gasteiger partial charge in [0, 0.05) is 59.1 Å². The van der Waals surface area contributed by atoms with E-state index in [1.54, 1.807) is 0 Å². The van der Waals surface area contributed by atoms with E-state index in [0.29, 0.717) is 0 Å². The van der Waals surface area contributed by atoms with Crippen LogP contribution in [-0.2, 0) is 0 Å².